The third-order valence-corrected chi connectivity index (χ3v) is 7.17. The van der Waals surface area contributed by atoms with Gasteiger partial charge in [0.15, 0.2) is 6.61 Å². The van der Waals surface area contributed by atoms with Crippen molar-refractivity contribution in [1.29, 1.82) is 0 Å². The van der Waals surface area contributed by atoms with E-state index >= 15 is 0 Å². The van der Waals surface area contributed by atoms with Gasteiger partial charge in [-0.1, -0.05) is 30.3 Å². The first-order valence-electron chi connectivity index (χ1n) is 11.2. The standard InChI is InChI=1S/C24H31N3O3S/c1-25-11-8-14-27(16-15-25)24(29)23-20(17-21(31-23)19-9-4-2-5-10-19)30-18-22(28)26-12-6-3-7-13-26/h2,4-5,9-10,17H,3,6-8,11-16,18H2,1H3. The molecule has 0 saturated carbocycles. The summed E-state index contributed by atoms with van der Waals surface area (Å²) < 4.78 is 5.98. The van der Waals surface area contributed by atoms with Crippen LogP contribution in [0.2, 0.25) is 0 Å². The number of ether oxygens (including phenoxy) is 1. The fourth-order valence-corrected chi connectivity index (χ4v) is 5.22. The van der Waals surface area contributed by atoms with Crippen LogP contribution < -0.4 is 4.74 Å². The average molecular weight is 442 g/mol. The normalized spacial score (nSPS) is 18.0. The molecule has 3 heterocycles. The van der Waals surface area contributed by atoms with E-state index in [1.54, 1.807) is 0 Å². The first-order valence-corrected chi connectivity index (χ1v) is 12.0. The lowest BCUT2D eigenvalue weighted by atomic mass is 10.1. The van der Waals surface area contributed by atoms with E-state index in [9.17, 15) is 9.59 Å². The quantitative estimate of drug-likeness (QED) is 0.712. The number of nitrogens with zero attached hydrogens (tertiary/aromatic N) is 3. The molecule has 2 saturated heterocycles. The Morgan fingerprint density at radius 1 is 0.903 bits per heavy atom. The summed E-state index contributed by atoms with van der Waals surface area (Å²) in [5.74, 6) is 0.529. The van der Waals surface area contributed by atoms with E-state index in [-0.39, 0.29) is 18.4 Å². The molecule has 0 N–H and O–H groups in total. The molecule has 7 heteroatoms. The van der Waals surface area contributed by atoms with Gasteiger partial charge in [-0.15, -0.1) is 11.3 Å². The van der Waals surface area contributed by atoms with Gasteiger partial charge in [0.2, 0.25) is 0 Å². The molecule has 1 aromatic carbocycles. The molecule has 2 aliphatic heterocycles. The van der Waals surface area contributed by atoms with Gasteiger partial charge in [0.05, 0.1) is 0 Å². The number of carbonyl (C=O) groups is 2. The van der Waals surface area contributed by atoms with Crippen LogP contribution in [0.25, 0.3) is 10.4 Å². The third kappa shape index (κ3) is 5.46. The number of hydrogen-bond acceptors (Lipinski definition) is 5. The maximum atomic E-state index is 13.4. The molecule has 2 aliphatic rings. The van der Waals surface area contributed by atoms with E-state index in [1.165, 1.54) is 17.8 Å². The van der Waals surface area contributed by atoms with E-state index in [0.29, 0.717) is 17.2 Å². The minimum atomic E-state index is -0.0199. The van der Waals surface area contributed by atoms with E-state index in [1.807, 2.05) is 46.2 Å². The Bertz CT molecular complexity index is 893. The van der Waals surface area contributed by atoms with E-state index in [2.05, 4.69) is 11.9 Å². The van der Waals surface area contributed by atoms with E-state index in [0.717, 1.165) is 62.4 Å². The molecule has 4 rings (SSSR count). The molecule has 0 bridgehead atoms. The minimum absolute atomic E-state index is 0.00181. The van der Waals surface area contributed by atoms with E-state index < -0.39 is 0 Å². The van der Waals surface area contributed by atoms with Gasteiger partial charge in [-0.05, 0) is 50.9 Å². The van der Waals surface area contributed by atoms with Gasteiger partial charge >= 0.3 is 0 Å². The van der Waals surface area contributed by atoms with E-state index in [4.69, 9.17) is 4.74 Å². The first-order chi connectivity index (χ1) is 15.1. The Morgan fingerprint density at radius 2 is 1.65 bits per heavy atom. The lowest BCUT2D eigenvalue weighted by Crippen LogP contribution is -2.38. The monoisotopic (exact) mass is 441 g/mol. The third-order valence-electron chi connectivity index (χ3n) is 6.02. The van der Waals surface area contributed by atoms with Crippen molar-refractivity contribution < 1.29 is 14.3 Å². The molecule has 6 nitrogen and oxygen atoms in total. The second-order valence-corrected chi connectivity index (χ2v) is 9.40. The molecular formula is C24H31N3O3S. The van der Waals surface area contributed by atoms with Crippen LogP contribution >= 0.6 is 11.3 Å². The number of hydrogen-bond donors (Lipinski definition) is 0. The molecule has 2 fully saturated rings. The molecule has 1 aromatic heterocycles. The highest BCUT2D eigenvalue weighted by atomic mass is 32.1. The zero-order valence-corrected chi connectivity index (χ0v) is 19.0. The number of likely N-dealkylation sites (N-methyl/N-ethyl adjacent to an activating group) is 1. The van der Waals surface area contributed by atoms with Crippen LogP contribution in [0, 0.1) is 0 Å². The Kier molecular flexibility index (Phi) is 7.25. The number of benzene rings is 1. The summed E-state index contributed by atoms with van der Waals surface area (Å²) in [5, 5.41) is 0. The predicted molar refractivity (Wildman–Crippen MR) is 124 cm³/mol. The molecule has 2 aromatic rings. The number of piperidine rings is 1. The van der Waals surface area contributed by atoms with Crippen molar-refractivity contribution in [1.82, 2.24) is 14.7 Å². The molecule has 0 atom stereocenters. The Labute approximate surface area is 188 Å². The van der Waals surface area contributed by atoms with Gasteiger partial charge in [-0.2, -0.15) is 0 Å². The molecule has 2 amide bonds. The number of likely N-dealkylation sites (tertiary alicyclic amines) is 1. The topological polar surface area (TPSA) is 53.1 Å². The van der Waals surface area contributed by atoms with Gasteiger partial charge in [-0.3, -0.25) is 9.59 Å². The molecule has 0 radical (unpaired) electrons. The first kappa shape index (κ1) is 21.8. The molecule has 166 valence electrons. The van der Waals surface area contributed by atoms with Crippen LogP contribution in [0.4, 0.5) is 0 Å². The summed E-state index contributed by atoms with van der Waals surface area (Å²) in [7, 11) is 2.09. The highest BCUT2D eigenvalue weighted by Gasteiger charge is 2.26. The summed E-state index contributed by atoms with van der Waals surface area (Å²) in [5.41, 5.74) is 1.05. The smallest absolute Gasteiger partial charge is 0.267 e. The van der Waals surface area contributed by atoms with Gasteiger partial charge in [0.1, 0.15) is 10.6 Å². The Hall–Kier alpha value is -2.38. The summed E-state index contributed by atoms with van der Waals surface area (Å²) in [6.45, 7) is 4.90. The van der Waals surface area contributed by atoms with Crippen LogP contribution in [-0.4, -0.2) is 79.4 Å². The van der Waals surface area contributed by atoms with Crippen molar-refractivity contribution in [3.63, 3.8) is 0 Å². The summed E-state index contributed by atoms with van der Waals surface area (Å²) >= 11 is 1.45. The molecule has 31 heavy (non-hydrogen) atoms. The fourth-order valence-electron chi connectivity index (χ4n) is 4.14. The molecular weight excluding hydrogens is 410 g/mol. The summed E-state index contributed by atoms with van der Waals surface area (Å²) in [4.78, 5) is 33.7. The zero-order valence-electron chi connectivity index (χ0n) is 18.2. The van der Waals surface area contributed by atoms with Crippen molar-refractivity contribution in [2.45, 2.75) is 25.7 Å². The number of rotatable bonds is 5. The van der Waals surface area contributed by atoms with Gasteiger partial charge in [0.25, 0.3) is 11.8 Å². The second-order valence-electron chi connectivity index (χ2n) is 8.35. The SMILES string of the molecule is CN1CCCN(C(=O)c2sc(-c3ccccc3)cc2OCC(=O)N2CCCCC2)CC1. The van der Waals surface area contributed by atoms with Crippen molar-refractivity contribution in [3.8, 4) is 16.2 Å². The lowest BCUT2D eigenvalue weighted by Gasteiger charge is -2.26. The zero-order chi connectivity index (χ0) is 21.6. The number of thiophene rings is 1. The molecule has 0 unspecified atom stereocenters. The van der Waals surface area contributed by atoms with Crippen molar-refractivity contribution in [3.05, 3.63) is 41.3 Å². The van der Waals surface area contributed by atoms with Crippen molar-refractivity contribution >= 4 is 23.2 Å². The number of carbonyl (C=O) groups excluding carboxylic acids is 2. The van der Waals surface area contributed by atoms with Crippen molar-refractivity contribution in [2.75, 3.05) is 52.9 Å². The predicted octanol–water partition coefficient (Wildman–Crippen LogP) is 3.58. The maximum absolute atomic E-state index is 13.4. The largest absolute Gasteiger partial charge is 0.482 e. The highest BCUT2D eigenvalue weighted by Crippen LogP contribution is 2.37. The maximum Gasteiger partial charge on any atom is 0.267 e. The summed E-state index contributed by atoms with van der Waals surface area (Å²) in [6, 6.07) is 11.9. The second kappa shape index (κ2) is 10.3. The Balaban J connectivity index is 1.54. The van der Waals surface area contributed by atoms with Crippen LogP contribution in [0.3, 0.4) is 0 Å². The summed E-state index contributed by atoms with van der Waals surface area (Å²) in [6.07, 6.45) is 4.24. The van der Waals surface area contributed by atoms with Gasteiger partial charge < -0.3 is 19.4 Å². The lowest BCUT2D eigenvalue weighted by molar-refractivity contribution is -0.134. The Morgan fingerprint density at radius 3 is 2.42 bits per heavy atom. The van der Waals surface area contributed by atoms with Crippen LogP contribution in [-0.2, 0) is 4.79 Å². The fraction of sp³-hybridized carbons (Fsp3) is 0.500. The minimum Gasteiger partial charge on any atom is -0.482 e. The van der Waals surface area contributed by atoms with Crippen LogP contribution in [0.1, 0.15) is 35.4 Å². The van der Waals surface area contributed by atoms with Crippen molar-refractivity contribution in [2.24, 2.45) is 0 Å². The van der Waals surface area contributed by atoms with Crippen LogP contribution in [0.15, 0.2) is 36.4 Å². The van der Waals surface area contributed by atoms with Gasteiger partial charge in [-0.25, -0.2) is 0 Å². The molecule has 0 aliphatic carbocycles. The number of amides is 2. The average Bonchev–Trinajstić information content (AvgIpc) is 3.12. The van der Waals surface area contributed by atoms with Gasteiger partial charge in [0, 0.05) is 37.6 Å². The molecule has 0 spiro atoms. The highest BCUT2D eigenvalue weighted by molar-refractivity contribution is 7.17. The van der Waals surface area contributed by atoms with Crippen LogP contribution in [0.5, 0.6) is 5.75 Å².